The quantitative estimate of drug-likeness (QED) is 0.119. The second-order valence-corrected chi connectivity index (χ2v) is 11.7. The first-order chi connectivity index (χ1) is 26.6. The van der Waals surface area contributed by atoms with Crippen LogP contribution in [0.5, 0.6) is 23.0 Å². The summed E-state index contributed by atoms with van der Waals surface area (Å²) in [6, 6.07) is 31.1. The van der Waals surface area contributed by atoms with Crippen molar-refractivity contribution in [2.45, 2.75) is 27.7 Å². The molecule has 0 atom stereocenters. The number of nitrogens with zero attached hydrogens (tertiary/aromatic N) is 6. The van der Waals surface area contributed by atoms with Crippen molar-refractivity contribution >= 4 is 21.5 Å². The first-order valence-corrected chi connectivity index (χ1v) is 17.7. The predicted molar refractivity (Wildman–Crippen MR) is 206 cm³/mol. The lowest BCUT2D eigenvalue weighted by atomic mass is 10.1. The summed E-state index contributed by atoms with van der Waals surface area (Å²) in [5, 5.41) is 12.4. The minimum Gasteiger partial charge on any atom is -0.490 e. The second kappa shape index (κ2) is 16.7. The molecule has 8 rings (SSSR count). The van der Waals surface area contributed by atoms with E-state index < -0.39 is 0 Å². The van der Waals surface area contributed by atoms with Crippen LogP contribution in [0.15, 0.2) is 119 Å². The van der Waals surface area contributed by atoms with Crippen LogP contribution in [0.4, 0.5) is 0 Å². The van der Waals surface area contributed by atoms with Crippen LogP contribution in [-0.2, 0) is 0 Å². The fourth-order valence-electron chi connectivity index (χ4n) is 5.75. The van der Waals surface area contributed by atoms with Gasteiger partial charge < -0.3 is 28.0 Å². The maximum Gasteiger partial charge on any atom is 0.258 e. The first-order valence-electron chi connectivity index (χ1n) is 17.7. The summed E-state index contributed by atoms with van der Waals surface area (Å²) >= 11 is 0. The summed E-state index contributed by atoms with van der Waals surface area (Å²) in [6.07, 6.45) is 3.56. The molecule has 0 N–H and O–H groups in total. The Morgan fingerprint density at radius 1 is 0.500 bits per heavy atom. The van der Waals surface area contributed by atoms with Gasteiger partial charge in [0.2, 0.25) is 11.6 Å². The van der Waals surface area contributed by atoms with Crippen molar-refractivity contribution in [1.82, 2.24) is 30.2 Å². The molecular formula is C42H38N6O6. The standard InChI is InChI=1S/2C21H19N3O3/c1-3-25-18-10-9-15(12-19(18)26-4-2)21-23-20(24-27-21)17-11-14-7-5-6-8-16(14)13-22-17;1-3-25-17-10-9-15(13-18(17)26-4-2)21-23-20(24-27-21)19-16-8-6-5-7-14(16)11-12-22-19/h2*5-13H,3-4H2,1-2H3. The fourth-order valence-corrected chi connectivity index (χ4v) is 5.75. The Bertz CT molecular complexity index is 2480. The number of rotatable bonds is 12. The lowest BCUT2D eigenvalue weighted by molar-refractivity contribution is 0.288. The van der Waals surface area contributed by atoms with E-state index in [0.717, 1.165) is 32.7 Å². The van der Waals surface area contributed by atoms with E-state index in [0.29, 0.717) is 84.2 Å². The number of hydrogen-bond acceptors (Lipinski definition) is 12. The van der Waals surface area contributed by atoms with Crippen LogP contribution >= 0.6 is 0 Å². The van der Waals surface area contributed by atoms with Gasteiger partial charge in [-0.15, -0.1) is 0 Å². The lowest BCUT2D eigenvalue weighted by Gasteiger charge is -2.11. The van der Waals surface area contributed by atoms with Crippen LogP contribution in [0.1, 0.15) is 27.7 Å². The Kier molecular flexibility index (Phi) is 11.0. The number of ether oxygens (including phenoxy) is 4. The van der Waals surface area contributed by atoms with Crippen LogP contribution in [0, 0.1) is 0 Å². The van der Waals surface area contributed by atoms with E-state index in [-0.39, 0.29) is 0 Å². The summed E-state index contributed by atoms with van der Waals surface area (Å²) in [5.41, 5.74) is 2.89. The average Bonchev–Trinajstić information content (AvgIpc) is 3.91. The smallest absolute Gasteiger partial charge is 0.258 e. The molecule has 4 heterocycles. The minimum absolute atomic E-state index is 0.406. The first kappa shape index (κ1) is 35.6. The largest absolute Gasteiger partial charge is 0.490 e. The molecule has 0 aliphatic heterocycles. The van der Waals surface area contributed by atoms with Gasteiger partial charge in [0, 0.05) is 34.3 Å². The van der Waals surface area contributed by atoms with Crippen molar-refractivity contribution < 1.29 is 28.0 Å². The summed E-state index contributed by atoms with van der Waals surface area (Å²) in [6.45, 7) is 9.94. The third-order valence-electron chi connectivity index (χ3n) is 8.18. The number of aromatic nitrogens is 6. The number of fused-ring (bicyclic) bond motifs is 2. The Hall–Kier alpha value is -6.82. The van der Waals surface area contributed by atoms with Gasteiger partial charge in [0.25, 0.3) is 11.8 Å². The Balaban J connectivity index is 0.000000167. The predicted octanol–water partition coefficient (Wildman–Crippen LogP) is 9.50. The topological polar surface area (TPSA) is 141 Å². The summed E-state index contributed by atoms with van der Waals surface area (Å²) in [4.78, 5) is 17.9. The van der Waals surface area contributed by atoms with Gasteiger partial charge >= 0.3 is 0 Å². The zero-order chi connectivity index (χ0) is 37.3. The average molecular weight is 723 g/mol. The van der Waals surface area contributed by atoms with Crippen LogP contribution in [0.3, 0.4) is 0 Å². The molecule has 272 valence electrons. The molecule has 12 nitrogen and oxygen atoms in total. The monoisotopic (exact) mass is 722 g/mol. The SMILES string of the molecule is CCOc1ccc(-c2nc(-c3cc4ccccc4cn3)no2)cc1OCC.CCOc1ccc(-c2nc(-c3nccc4ccccc34)no2)cc1OCC. The van der Waals surface area contributed by atoms with Gasteiger partial charge in [-0.25, -0.2) is 0 Å². The molecule has 0 spiro atoms. The van der Waals surface area contributed by atoms with Crippen molar-refractivity contribution in [2.24, 2.45) is 0 Å². The fraction of sp³-hybridized carbons (Fsp3) is 0.190. The third kappa shape index (κ3) is 7.82. The van der Waals surface area contributed by atoms with Gasteiger partial charge in [0.05, 0.1) is 26.4 Å². The molecule has 0 fully saturated rings. The highest BCUT2D eigenvalue weighted by atomic mass is 16.5. The van der Waals surface area contributed by atoms with E-state index in [2.05, 4.69) is 30.2 Å². The van der Waals surface area contributed by atoms with Crippen molar-refractivity contribution in [3.63, 3.8) is 0 Å². The molecule has 0 bridgehead atoms. The molecule has 0 saturated heterocycles. The van der Waals surface area contributed by atoms with Crippen LogP contribution < -0.4 is 18.9 Å². The zero-order valence-electron chi connectivity index (χ0n) is 30.4. The summed E-state index contributed by atoms with van der Waals surface area (Å²) in [7, 11) is 0. The molecule has 4 aromatic carbocycles. The van der Waals surface area contributed by atoms with Crippen LogP contribution in [0.25, 0.3) is 67.5 Å². The number of hydrogen-bond donors (Lipinski definition) is 0. The molecule has 8 aromatic rings. The molecule has 0 unspecified atom stereocenters. The van der Waals surface area contributed by atoms with Gasteiger partial charge in [-0.2, -0.15) is 9.97 Å². The molecule has 0 amide bonds. The molecule has 54 heavy (non-hydrogen) atoms. The Labute approximate surface area is 311 Å². The molecule has 0 aliphatic rings. The van der Waals surface area contributed by atoms with Crippen LogP contribution in [0.2, 0.25) is 0 Å². The highest BCUT2D eigenvalue weighted by molar-refractivity contribution is 5.93. The van der Waals surface area contributed by atoms with Crippen molar-refractivity contribution in [1.29, 1.82) is 0 Å². The molecule has 0 radical (unpaired) electrons. The van der Waals surface area contributed by atoms with Gasteiger partial charge in [0.1, 0.15) is 11.4 Å². The number of pyridine rings is 2. The van der Waals surface area contributed by atoms with E-state index in [4.69, 9.17) is 28.0 Å². The van der Waals surface area contributed by atoms with Crippen molar-refractivity contribution in [3.05, 3.63) is 109 Å². The lowest BCUT2D eigenvalue weighted by Crippen LogP contribution is -1.98. The molecule has 12 heteroatoms. The van der Waals surface area contributed by atoms with Crippen molar-refractivity contribution in [2.75, 3.05) is 26.4 Å². The Morgan fingerprint density at radius 3 is 1.67 bits per heavy atom. The highest BCUT2D eigenvalue weighted by Crippen LogP contribution is 2.35. The molecular weight excluding hydrogens is 684 g/mol. The summed E-state index contributed by atoms with van der Waals surface area (Å²) < 4.78 is 33.5. The van der Waals surface area contributed by atoms with E-state index in [1.54, 1.807) is 6.20 Å². The maximum atomic E-state index is 5.67. The Morgan fingerprint density at radius 2 is 1.04 bits per heavy atom. The minimum atomic E-state index is 0.406. The van der Waals surface area contributed by atoms with E-state index in [1.807, 2.05) is 131 Å². The third-order valence-corrected chi connectivity index (χ3v) is 8.18. The van der Waals surface area contributed by atoms with Gasteiger partial charge in [0.15, 0.2) is 23.0 Å². The van der Waals surface area contributed by atoms with E-state index >= 15 is 0 Å². The molecule has 0 aliphatic carbocycles. The second-order valence-electron chi connectivity index (χ2n) is 11.7. The highest BCUT2D eigenvalue weighted by Gasteiger charge is 2.17. The van der Waals surface area contributed by atoms with E-state index in [9.17, 15) is 0 Å². The molecule has 0 saturated carbocycles. The van der Waals surface area contributed by atoms with Gasteiger partial charge in [-0.3, -0.25) is 9.97 Å². The number of benzene rings is 4. The van der Waals surface area contributed by atoms with Gasteiger partial charge in [-0.1, -0.05) is 58.8 Å². The molecule has 4 aromatic heterocycles. The van der Waals surface area contributed by atoms with Gasteiger partial charge in [-0.05, 0) is 87.0 Å². The van der Waals surface area contributed by atoms with Crippen molar-refractivity contribution in [3.8, 4) is 68.9 Å². The maximum absolute atomic E-state index is 5.67. The van der Waals surface area contributed by atoms with Crippen LogP contribution in [-0.4, -0.2) is 56.7 Å². The summed E-state index contributed by atoms with van der Waals surface area (Å²) in [5.74, 6) is 4.40. The van der Waals surface area contributed by atoms with E-state index in [1.165, 1.54) is 0 Å². The zero-order valence-corrected chi connectivity index (χ0v) is 30.4. The normalized spacial score (nSPS) is 10.9.